The summed E-state index contributed by atoms with van der Waals surface area (Å²) in [5, 5.41) is 2.83. The molecule has 0 aromatic heterocycles. The third-order valence-electron chi connectivity index (χ3n) is 3.50. The van der Waals surface area contributed by atoms with Gasteiger partial charge in [-0.3, -0.25) is 4.79 Å². The normalized spacial score (nSPS) is 16.9. The van der Waals surface area contributed by atoms with Crippen molar-refractivity contribution < 1.29 is 9.53 Å². The molecule has 0 bridgehead atoms. The van der Waals surface area contributed by atoms with Crippen LogP contribution in [0.3, 0.4) is 0 Å². The summed E-state index contributed by atoms with van der Waals surface area (Å²) in [6.07, 6.45) is 4.29. The predicted molar refractivity (Wildman–Crippen MR) is 83.8 cm³/mol. The van der Waals surface area contributed by atoms with Gasteiger partial charge in [-0.25, -0.2) is 0 Å². The zero-order chi connectivity index (χ0) is 14.5. The monoisotopic (exact) mass is 292 g/mol. The van der Waals surface area contributed by atoms with Gasteiger partial charge in [0.15, 0.2) is 0 Å². The summed E-state index contributed by atoms with van der Waals surface area (Å²) in [6.45, 7) is 1.79. The van der Waals surface area contributed by atoms with Crippen molar-refractivity contribution in [3.05, 3.63) is 29.8 Å². The number of anilines is 1. The Balaban J connectivity index is 1.87. The zero-order valence-corrected chi connectivity index (χ0v) is 12.4. The number of hydrogen-bond acceptors (Lipinski definition) is 3. The average molecular weight is 292 g/mol. The van der Waals surface area contributed by atoms with Gasteiger partial charge in [-0.2, -0.15) is 0 Å². The van der Waals surface area contributed by atoms with Crippen LogP contribution in [0.15, 0.2) is 24.3 Å². The first-order valence-electron chi connectivity index (χ1n) is 6.92. The lowest BCUT2D eigenvalue weighted by molar-refractivity contribution is -0.129. The van der Waals surface area contributed by atoms with E-state index in [1.165, 1.54) is 12.8 Å². The third-order valence-corrected chi connectivity index (χ3v) is 3.74. The van der Waals surface area contributed by atoms with Crippen molar-refractivity contribution in [2.75, 3.05) is 5.32 Å². The van der Waals surface area contributed by atoms with Crippen LogP contribution in [0.1, 0.15) is 38.2 Å². The molecule has 0 heterocycles. The molecule has 3 N–H and O–H groups in total. The van der Waals surface area contributed by atoms with Gasteiger partial charge in [-0.05, 0) is 44.0 Å². The molecule has 20 heavy (non-hydrogen) atoms. The predicted octanol–water partition coefficient (Wildman–Crippen LogP) is 2.61. The van der Waals surface area contributed by atoms with Gasteiger partial charge in [0.25, 0.3) is 5.91 Å². The smallest absolute Gasteiger partial charge is 0.253 e. The minimum Gasteiger partial charge on any atom is -0.389 e. The number of carbonyl (C=O) groups is 1. The van der Waals surface area contributed by atoms with Crippen molar-refractivity contribution in [2.45, 2.75) is 44.8 Å². The van der Waals surface area contributed by atoms with E-state index in [1.807, 2.05) is 0 Å². The Morgan fingerprint density at radius 1 is 1.35 bits per heavy atom. The quantitative estimate of drug-likeness (QED) is 0.819. The molecule has 1 aromatic carbocycles. The highest BCUT2D eigenvalue weighted by atomic mass is 32.1. The van der Waals surface area contributed by atoms with Crippen LogP contribution >= 0.6 is 12.2 Å². The molecule has 0 saturated heterocycles. The average Bonchev–Trinajstić information content (AvgIpc) is 2.92. The molecule has 1 fully saturated rings. The van der Waals surface area contributed by atoms with Gasteiger partial charge in [-0.1, -0.05) is 25.1 Å². The second-order valence-corrected chi connectivity index (χ2v) is 5.56. The van der Waals surface area contributed by atoms with Crippen LogP contribution in [0.4, 0.5) is 5.69 Å². The highest BCUT2D eigenvalue weighted by molar-refractivity contribution is 7.80. The molecular formula is C15H20N2O2S. The molecule has 4 nitrogen and oxygen atoms in total. The first kappa shape index (κ1) is 14.9. The summed E-state index contributed by atoms with van der Waals surface area (Å²) >= 11 is 4.89. The topological polar surface area (TPSA) is 64.3 Å². The first-order chi connectivity index (χ1) is 9.56. The first-order valence-corrected chi connectivity index (χ1v) is 7.33. The van der Waals surface area contributed by atoms with Crippen molar-refractivity contribution in [1.82, 2.24) is 0 Å². The molecule has 1 aliphatic rings. The summed E-state index contributed by atoms with van der Waals surface area (Å²) in [5.74, 6) is -0.125. The number of thiocarbonyl (C=S) groups is 1. The fraction of sp³-hybridized carbons (Fsp3) is 0.467. The summed E-state index contributed by atoms with van der Waals surface area (Å²) in [4.78, 5) is 12.4. The van der Waals surface area contributed by atoms with E-state index < -0.39 is 6.10 Å². The van der Waals surface area contributed by atoms with E-state index in [0.717, 1.165) is 24.1 Å². The summed E-state index contributed by atoms with van der Waals surface area (Å²) in [5.41, 5.74) is 7.03. The molecule has 108 valence electrons. The fourth-order valence-corrected chi connectivity index (χ4v) is 2.47. The maximum absolute atomic E-state index is 12.0. The lowest BCUT2D eigenvalue weighted by atomic mass is 10.2. The lowest BCUT2D eigenvalue weighted by Gasteiger charge is -2.18. The van der Waals surface area contributed by atoms with Crippen molar-refractivity contribution >= 4 is 28.8 Å². The maximum atomic E-state index is 12.0. The van der Waals surface area contributed by atoms with Crippen LogP contribution in [0, 0.1) is 0 Å². The van der Waals surface area contributed by atoms with E-state index in [9.17, 15) is 4.79 Å². The molecule has 1 saturated carbocycles. The van der Waals surface area contributed by atoms with E-state index in [1.54, 1.807) is 31.2 Å². The Kier molecular flexibility index (Phi) is 5.09. The van der Waals surface area contributed by atoms with Gasteiger partial charge < -0.3 is 15.8 Å². The Labute approximate surface area is 124 Å². The molecular weight excluding hydrogens is 272 g/mol. The number of nitrogens with one attached hydrogen (secondary N) is 1. The summed E-state index contributed by atoms with van der Waals surface area (Å²) in [7, 11) is 0. The maximum Gasteiger partial charge on any atom is 0.253 e. The van der Waals surface area contributed by atoms with Crippen molar-refractivity contribution in [2.24, 2.45) is 5.73 Å². The molecule has 2 rings (SSSR count). The second-order valence-electron chi connectivity index (χ2n) is 5.12. The molecule has 1 amide bonds. The van der Waals surface area contributed by atoms with Crippen molar-refractivity contribution in [3.8, 4) is 0 Å². The van der Waals surface area contributed by atoms with Crippen LogP contribution < -0.4 is 11.1 Å². The van der Waals surface area contributed by atoms with Gasteiger partial charge >= 0.3 is 0 Å². The molecule has 0 spiro atoms. The Hall–Kier alpha value is -1.46. The summed E-state index contributed by atoms with van der Waals surface area (Å²) < 4.78 is 5.75. The van der Waals surface area contributed by atoms with Crippen LogP contribution in [0.2, 0.25) is 0 Å². The minimum absolute atomic E-state index is 0.125. The molecule has 1 aromatic rings. The molecule has 1 atom stereocenters. The van der Waals surface area contributed by atoms with Gasteiger partial charge in [0.2, 0.25) is 0 Å². The van der Waals surface area contributed by atoms with Crippen molar-refractivity contribution in [3.63, 3.8) is 0 Å². The number of rotatable bonds is 5. The Morgan fingerprint density at radius 3 is 2.50 bits per heavy atom. The highest BCUT2D eigenvalue weighted by Crippen LogP contribution is 2.22. The zero-order valence-electron chi connectivity index (χ0n) is 11.6. The largest absolute Gasteiger partial charge is 0.389 e. The van der Waals surface area contributed by atoms with Crippen LogP contribution in [0.25, 0.3) is 0 Å². The number of hydrogen-bond donors (Lipinski definition) is 2. The van der Waals surface area contributed by atoms with E-state index in [-0.39, 0.29) is 12.0 Å². The van der Waals surface area contributed by atoms with Gasteiger partial charge in [0.1, 0.15) is 11.1 Å². The number of carbonyl (C=O) groups excluding carboxylic acids is 1. The Bertz CT molecular complexity index is 481. The SMILES string of the molecule is CC(OC1CCCC1)C(=O)Nc1ccc(C(N)=S)cc1. The van der Waals surface area contributed by atoms with Gasteiger partial charge in [0, 0.05) is 11.3 Å². The second kappa shape index (κ2) is 6.81. The number of nitrogens with two attached hydrogens (primary N) is 1. The number of amides is 1. The third kappa shape index (κ3) is 4.02. The van der Waals surface area contributed by atoms with Gasteiger partial charge in [-0.15, -0.1) is 0 Å². The van der Waals surface area contributed by atoms with Crippen LogP contribution in [-0.4, -0.2) is 23.1 Å². The summed E-state index contributed by atoms with van der Waals surface area (Å²) in [6, 6.07) is 7.16. The van der Waals surface area contributed by atoms with Crippen molar-refractivity contribution in [1.29, 1.82) is 0 Å². The molecule has 5 heteroatoms. The number of ether oxygens (including phenoxy) is 1. The van der Waals surface area contributed by atoms with E-state index in [2.05, 4.69) is 5.32 Å². The lowest BCUT2D eigenvalue weighted by Crippen LogP contribution is -2.30. The van der Waals surface area contributed by atoms with E-state index in [4.69, 9.17) is 22.7 Å². The van der Waals surface area contributed by atoms with Crippen LogP contribution in [0.5, 0.6) is 0 Å². The van der Waals surface area contributed by atoms with E-state index in [0.29, 0.717) is 4.99 Å². The number of benzene rings is 1. The molecule has 0 aliphatic heterocycles. The molecule has 1 unspecified atom stereocenters. The minimum atomic E-state index is -0.437. The molecule has 0 radical (unpaired) electrons. The van der Waals surface area contributed by atoms with E-state index >= 15 is 0 Å². The molecule has 1 aliphatic carbocycles. The van der Waals surface area contributed by atoms with Crippen LogP contribution in [-0.2, 0) is 9.53 Å². The Morgan fingerprint density at radius 2 is 1.95 bits per heavy atom. The standard InChI is InChI=1S/C15H20N2O2S/c1-10(19-13-4-2-3-5-13)15(18)17-12-8-6-11(7-9-12)14(16)20/h6-10,13H,2-5H2,1H3,(H2,16,20)(H,17,18). The fourth-order valence-electron chi connectivity index (χ4n) is 2.34. The van der Waals surface area contributed by atoms with Gasteiger partial charge in [0.05, 0.1) is 6.10 Å². The highest BCUT2D eigenvalue weighted by Gasteiger charge is 2.22.